The van der Waals surface area contributed by atoms with E-state index in [-0.39, 0.29) is 29.8 Å². The lowest BCUT2D eigenvalue weighted by molar-refractivity contribution is -0.140. The van der Waals surface area contributed by atoms with Gasteiger partial charge < -0.3 is 10.2 Å². The van der Waals surface area contributed by atoms with Gasteiger partial charge in [-0.05, 0) is 79.3 Å². The van der Waals surface area contributed by atoms with Gasteiger partial charge >= 0.3 is 0 Å². The molecule has 0 aliphatic heterocycles. The second kappa shape index (κ2) is 15.4. The van der Waals surface area contributed by atoms with E-state index >= 15 is 0 Å². The Morgan fingerprint density at radius 3 is 2.15 bits per heavy atom. The second-order valence-corrected chi connectivity index (χ2v) is 14.8. The van der Waals surface area contributed by atoms with Crippen LogP contribution in [0.3, 0.4) is 0 Å². The molecule has 0 saturated heterocycles. The lowest BCUT2D eigenvalue weighted by Gasteiger charge is -2.34. The van der Waals surface area contributed by atoms with Crippen LogP contribution in [0.15, 0.2) is 102 Å². The number of sulfonamides is 1. The molecule has 0 bridgehead atoms. The summed E-state index contributed by atoms with van der Waals surface area (Å²) in [5, 5.41) is 3.87. The van der Waals surface area contributed by atoms with Crippen molar-refractivity contribution in [3.63, 3.8) is 0 Å². The molecule has 0 unspecified atom stereocenters. The summed E-state index contributed by atoms with van der Waals surface area (Å²) in [7, 11) is -4.18. The molecule has 1 saturated carbocycles. The van der Waals surface area contributed by atoms with Crippen molar-refractivity contribution in [1.82, 2.24) is 10.2 Å². The van der Waals surface area contributed by atoms with Crippen LogP contribution in [0.4, 0.5) is 5.69 Å². The summed E-state index contributed by atoms with van der Waals surface area (Å²) in [5.74, 6) is -0.808. The number of hydrogen-bond acceptors (Lipinski definition) is 4. The molecular formula is C37H39Cl2N3O4S. The SMILES string of the molecule is Cc1ccc(C)c(N(CC(=O)N(Cc2ccc(Cl)c(Cl)c2)[C@H](Cc2ccccc2)C(=O)NC2CCCC2)S(=O)(=O)c2ccccc2)c1. The third-order valence-corrected chi connectivity index (χ3v) is 11.1. The van der Waals surface area contributed by atoms with Gasteiger partial charge in [-0.15, -0.1) is 0 Å². The number of amides is 2. The molecule has 1 aliphatic rings. The minimum absolute atomic E-state index is 0.0112. The van der Waals surface area contributed by atoms with E-state index in [0.29, 0.717) is 26.9 Å². The Kier molecular flexibility index (Phi) is 11.3. The van der Waals surface area contributed by atoms with Crippen LogP contribution < -0.4 is 9.62 Å². The van der Waals surface area contributed by atoms with E-state index in [0.717, 1.165) is 41.1 Å². The van der Waals surface area contributed by atoms with E-state index < -0.39 is 28.5 Å². The molecule has 47 heavy (non-hydrogen) atoms. The number of rotatable bonds is 12. The van der Waals surface area contributed by atoms with E-state index in [1.165, 1.54) is 17.0 Å². The lowest BCUT2D eigenvalue weighted by Crippen LogP contribution is -2.54. The third-order valence-electron chi connectivity index (χ3n) is 8.55. The van der Waals surface area contributed by atoms with Crippen molar-refractivity contribution < 1.29 is 18.0 Å². The van der Waals surface area contributed by atoms with E-state index in [2.05, 4.69) is 5.32 Å². The number of hydrogen-bond donors (Lipinski definition) is 1. The Bertz CT molecular complexity index is 1810. The van der Waals surface area contributed by atoms with Gasteiger partial charge in [-0.1, -0.05) is 103 Å². The van der Waals surface area contributed by atoms with Crippen molar-refractivity contribution >= 4 is 50.7 Å². The summed E-state index contributed by atoms with van der Waals surface area (Å²) in [4.78, 5) is 30.4. The predicted octanol–water partition coefficient (Wildman–Crippen LogP) is 7.50. The summed E-state index contributed by atoms with van der Waals surface area (Å²) in [6.07, 6.45) is 4.05. The van der Waals surface area contributed by atoms with Gasteiger partial charge in [0, 0.05) is 19.0 Å². The van der Waals surface area contributed by atoms with E-state index in [1.807, 2.05) is 56.3 Å². The number of nitrogens with one attached hydrogen (secondary N) is 1. The molecule has 246 valence electrons. The van der Waals surface area contributed by atoms with E-state index in [9.17, 15) is 18.0 Å². The molecule has 5 rings (SSSR count). The molecule has 0 radical (unpaired) electrons. The van der Waals surface area contributed by atoms with Crippen LogP contribution in [-0.2, 0) is 32.6 Å². The Labute approximate surface area is 287 Å². The molecule has 1 atom stereocenters. The highest BCUT2D eigenvalue weighted by Gasteiger charge is 2.36. The van der Waals surface area contributed by atoms with Crippen molar-refractivity contribution in [1.29, 1.82) is 0 Å². The van der Waals surface area contributed by atoms with Crippen LogP contribution >= 0.6 is 23.2 Å². The summed E-state index contributed by atoms with van der Waals surface area (Å²) in [5.41, 5.74) is 3.46. The molecular weight excluding hydrogens is 653 g/mol. The van der Waals surface area contributed by atoms with E-state index in [4.69, 9.17) is 23.2 Å². The number of halogens is 2. The van der Waals surface area contributed by atoms with Crippen molar-refractivity contribution in [2.45, 2.75) is 69.5 Å². The summed E-state index contributed by atoms with van der Waals surface area (Å²) in [6.45, 7) is 3.17. The van der Waals surface area contributed by atoms with Crippen molar-refractivity contribution in [3.05, 3.63) is 129 Å². The maximum Gasteiger partial charge on any atom is 0.264 e. The second-order valence-electron chi connectivity index (χ2n) is 12.1. The molecule has 4 aromatic carbocycles. The van der Waals surface area contributed by atoms with Gasteiger partial charge in [-0.25, -0.2) is 8.42 Å². The molecule has 7 nitrogen and oxygen atoms in total. The third kappa shape index (κ3) is 8.55. The fourth-order valence-corrected chi connectivity index (χ4v) is 7.79. The Morgan fingerprint density at radius 2 is 1.49 bits per heavy atom. The lowest BCUT2D eigenvalue weighted by atomic mass is 10.0. The van der Waals surface area contributed by atoms with Crippen LogP contribution in [0.25, 0.3) is 0 Å². The monoisotopic (exact) mass is 691 g/mol. The quantitative estimate of drug-likeness (QED) is 0.167. The zero-order valence-corrected chi connectivity index (χ0v) is 28.9. The minimum Gasteiger partial charge on any atom is -0.352 e. The van der Waals surface area contributed by atoms with Gasteiger partial charge in [0.2, 0.25) is 11.8 Å². The number of carbonyl (C=O) groups is 2. The Morgan fingerprint density at radius 1 is 0.830 bits per heavy atom. The fraction of sp³-hybridized carbons (Fsp3) is 0.297. The Balaban J connectivity index is 1.60. The summed E-state index contributed by atoms with van der Waals surface area (Å²) in [6, 6.07) is 27.2. The van der Waals surface area contributed by atoms with Crippen molar-refractivity contribution in [3.8, 4) is 0 Å². The maximum absolute atomic E-state index is 14.7. The van der Waals surface area contributed by atoms with Gasteiger partial charge in [0.15, 0.2) is 0 Å². The summed E-state index contributed by atoms with van der Waals surface area (Å²) < 4.78 is 29.7. The number of aryl methyl sites for hydroxylation is 2. The average Bonchev–Trinajstić information content (AvgIpc) is 3.58. The number of nitrogens with zero attached hydrogens (tertiary/aromatic N) is 2. The van der Waals surface area contributed by atoms with Crippen molar-refractivity contribution in [2.24, 2.45) is 0 Å². The molecule has 10 heteroatoms. The summed E-state index contributed by atoms with van der Waals surface area (Å²) >= 11 is 12.6. The molecule has 4 aromatic rings. The van der Waals surface area contributed by atoms with Gasteiger partial charge in [0.25, 0.3) is 10.0 Å². The average molecular weight is 693 g/mol. The molecule has 1 fully saturated rings. The highest BCUT2D eigenvalue weighted by Crippen LogP contribution is 2.30. The number of carbonyl (C=O) groups excluding carboxylic acids is 2. The first kappa shape index (κ1) is 34.5. The van der Waals surface area contributed by atoms with E-state index in [1.54, 1.807) is 42.5 Å². The first-order valence-corrected chi connectivity index (χ1v) is 18.0. The van der Waals surface area contributed by atoms with Crippen LogP contribution in [0, 0.1) is 13.8 Å². The standard InChI is InChI=1S/C37H39Cl2N3O4S/c1-26-17-18-27(2)34(21-26)42(47(45,46)31-15-7-4-8-16-31)25-36(43)41(24-29-19-20-32(38)33(39)22-29)35(23-28-11-5-3-6-12-28)37(44)40-30-13-9-10-14-30/h3-8,11-12,15-22,30,35H,9-10,13-14,23-25H2,1-2H3,(H,40,44)/t35-/m1/s1. The molecule has 1 aliphatic carbocycles. The fourth-order valence-electron chi connectivity index (χ4n) is 5.98. The first-order valence-electron chi connectivity index (χ1n) is 15.8. The molecule has 1 N–H and O–H groups in total. The van der Waals surface area contributed by atoms with Gasteiger partial charge in [-0.3, -0.25) is 13.9 Å². The predicted molar refractivity (Wildman–Crippen MR) is 188 cm³/mol. The molecule has 0 aromatic heterocycles. The Hall–Kier alpha value is -3.85. The number of anilines is 1. The highest BCUT2D eigenvalue weighted by molar-refractivity contribution is 7.92. The number of benzene rings is 4. The zero-order chi connectivity index (χ0) is 33.6. The van der Waals surface area contributed by atoms with Gasteiger partial charge in [0.05, 0.1) is 20.6 Å². The van der Waals surface area contributed by atoms with Crippen LogP contribution in [0.1, 0.15) is 47.9 Å². The normalized spacial score (nSPS) is 14.0. The first-order chi connectivity index (χ1) is 22.5. The molecule has 2 amide bonds. The highest BCUT2D eigenvalue weighted by atomic mass is 35.5. The van der Waals surface area contributed by atoms with Crippen LogP contribution in [0.2, 0.25) is 10.0 Å². The van der Waals surface area contributed by atoms with Gasteiger partial charge in [-0.2, -0.15) is 0 Å². The van der Waals surface area contributed by atoms with Crippen LogP contribution in [0.5, 0.6) is 0 Å². The molecule has 0 spiro atoms. The zero-order valence-electron chi connectivity index (χ0n) is 26.5. The largest absolute Gasteiger partial charge is 0.352 e. The molecule has 0 heterocycles. The maximum atomic E-state index is 14.7. The van der Waals surface area contributed by atoms with Crippen LogP contribution in [-0.4, -0.2) is 43.8 Å². The topological polar surface area (TPSA) is 86.8 Å². The smallest absolute Gasteiger partial charge is 0.264 e. The minimum atomic E-state index is -4.18. The van der Waals surface area contributed by atoms with Crippen molar-refractivity contribution in [2.75, 3.05) is 10.8 Å². The van der Waals surface area contributed by atoms with Gasteiger partial charge in [0.1, 0.15) is 12.6 Å².